The summed E-state index contributed by atoms with van der Waals surface area (Å²) in [6.45, 7) is 1.69. The van der Waals surface area contributed by atoms with E-state index in [4.69, 9.17) is 4.74 Å². The van der Waals surface area contributed by atoms with Gasteiger partial charge in [-0.25, -0.2) is 12.8 Å². The molecule has 1 aliphatic rings. The number of para-hydroxylation sites is 1. The molecule has 3 aromatic rings. The second kappa shape index (κ2) is 8.82. The standard InChI is InChI=1S/C23H24FN3O4S/c1-15-4-3-5-19(24)22(15)31-23-25-18(14-32(29,30)11-10-16-6-7-16)12-20(26-23)17-8-9-21(28)27(2)13-17/h3-5,8-9,12-13,16H,6-7,10-11,14H2,1-2H3. The molecule has 7 nitrogen and oxygen atoms in total. The van der Waals surface area contributed by atoms with Crippen LogP contribution in [0.25, 0.3) is 11.3 Å². The molecule has 0 bridgehead atoms. The van der Waals surface area contributed by atoms with Crippen LogP contribution in [0.1, 0.15) is 30.5 Å². The van der Waals surface area contributed by atoms with Crippen molar-refractivity contribution in [3.63, 3.8) is 0 Å². The topological polar surface area (TPSA) is 91.1 Å². The zero-order valence-corrected chi connectivity index (χ0v) is 18.7. The number of pyridine rings is 1. The maximum Gasteiger partial charge on any atom is 0.322 e. The first-order chi connectivity index (χ1) is 15.2. The van der Waals surface area contributed by atoms with Crippen molar-refractivity contribution in [1.29, 1.82) is 0 Å². The fourth-order valence-electron chi connectivity index (χ4n) is 3.37. The summed E-state index contributed by atoms with van der Waals surface area (Å²) in [7, 11) is -1.78. The van der Waals surface area contributed by atoms with Crippen LogP contribution >= 0.6 is 0 Å². The highest BCUT2D eigenvalue weighted by molar-refractivity contribution is 7.90. The summed E-state index contributed by atoms with van der Waals surface area (Å²) in [5.41, 5.74) is 1.58. The van der Waals surface area contributed by atoms with Gasteiger partial charge in [-0.05, 0) is 43.0 Å². The highest BCUT2D eigenvalue weighted by Gasteiger charge is 2.25. The van der Waals surface area contributed by atoms with Crippen LogP contribution in [-0.4, -0.2) is 28.7 Å². The van der Waals surface area contributed by atoms with E-state index < -0.39 is 15.7 Å². The molecule has 0 unspecified atom stereocenters. The molecule has 4 rings (SSSR count). The predicted molar refractivity (Wildman–Crippen MR) is 119 cm³/mol. The van der Waals surface area contributed by atoms with Crippen LogP contribution in [0.15, 0.2) is 47.4 Å². The SMILES string of the molecule is Cc1cccc(F)c1Oc1nc(CS(=O)(=O)CCC2CC2)cc(-c2ccc(=O)n(C)c2)n1. The zero-order valence-electron chi connectivity index (χ0n) is 17.9. The van der Waals surface area contributed by atoms with Gasteiger partial charge in [0.1, 0.15) is 0 Å². The van der Waals surface area contributed by atoms with Gasteiger partial charge in [0.15, 0.2) is 21.4 Å². The van der Waals surface area contributed by atoms with E-state index in [1.165, 1.54) is 16.7 Å². The van der Waals surface area contributed by atoms with Crippen molar-refractivity contribution >= 4 is 9.84 Å². The lowest BCUT2D eigenvalue weighted by molar-refractivity contribution is 0.407. The Morgan fingerprint density at radius 2 is 1.97 bits per heavy atom. The summed E-state index contributed by atoms with van der Waals surface area (Å²) in [6.07, 6.45) is 4.41. The van der Waals surface area contributed by atoms with Gasteiger partial charge in [0, 0.05) is 24.9 Å². The maximum absolute atomic E-state index is 14.3. The van der Waals surface area contributed by atoms with E-state index in [0.717, 1.165) is 12.8 Å². The first-order valence-electron chi connectivity index (χ1n) is 10.4. The monoisotopic (exact) mass is 457 g/mol. The van der Waals surface area contributed by atoms with Gasteiger partial charge >= 0.3 is 6.01 Å². The zero-order chi connectivity index (χ0) is 22.9. The van der Waals surface area contributed by atoms with Crippen LogP contribution in [0.2, 0.25) is 0 Å². The van der Waals surface area contributed by atoms with Crippen LogP contribution in [-0.2, 0) is 22.6 Å². The molecule has 0 spiro atoms. The third-order valence-corrected chi connectivity index (χ3v) is 6.99. The normalized spacial score (nSPS) is 13.8. The average Bonchev–Trinajstić information content (AvgIpc) is 3.56. The molecule has 0 saturated heterocycles. The number of aryl methyl sites for hydroxylation is 2. The third kappa shape index (κ3) is 5.40. The van der Waals surface area contributed by atoms with E-state index in [-0.39, 0.29) is 34.5 Å². The largest absolute Gasteiger partial charge is 0.421 e. The van der Waals surface area contributed by atoms with Gasteiger partial charge in [0.2, 0.25) is 5.56 Å². The minimum Gasteiger partial charge on any atom is -0.421 e. The lowest BCUT2D eigenvalue weighted by Gasteiger charge is -2.12. The Labute approximate surface area is 185 Å². The first kappa shape index (κ1) is 22.1. The molecule has 168 valence electrons. The molecule has 0 N–H and O–H groups in total. The number of benzene rings is 1. The Kier molecular flexibility index (Phi) is 6.10. The van der Waals surface area contributed by atoms with Crippen molar-refractivity contribution < 1.29 is 17.5 Å². The smallest absolute Gasteiger partial charge is 0.322 e. The summed E-state index contributed by atoms with van der Waals surface area (Å²) in [6, 6.07) is 8.92. The number of halogens is 1. The number of hydrogen-bond acceptors (Lipinski definition) is 6. The van der Waals surface area contributed by atoms with E-state index >= 15 is 0 Å². The van der Waals surface area contributed by atoms with E-state index in [1.807, 2.05) is 0 Å². The highest BCUT2D eigenvalue weighted by atomic mass is 32.2. The third-order valence-electron chi connectivity index (χ3n) is 5.40. The minimum absolute atomic E-state index is 0.0207. The quantitative estimate of drug-likeness (QED) is 0.511. The summed E-state index contributed by atoms with van der Waals surface area (Å²) in [5, 5.41) is 0. The summed E-state index contributed by atoms with van der Waals surface area (Å²) >= 11 is 0. The maximum atomic E-state index is 14.3. The number of aromatic nitrogens is 3. The molecule has 0 atom stereocenters. The van der Waals surface area contributed by atoms with E-state index in [0.29, 0.717) is 29.2 Å². The lowest BCUT2D eigenvalue weighted by atomic mass is 10.2. The van der Waals surface area contributed by atoms with E-state index in [9.17, 15) is 17.6 Å². The molecule has 1 saturated carbocycles. The molecule has 9 heteroatoms. The Morgan fingerprint density at radius 3 is 2.66 bits per heavy atom. The molecule has 32 heavy (non-hydrogen) atoms. The molecule has 0 aliphatic heterocycles. The molecule has 2 heterocycles. The van der Waals surface area contributed by atoms with Crippen LogP contribution in [0.5, 0.6) is 11.8 Å². The predicted octanol–water partition coefficient (Wildman–Crippen LogP) is 3.80. The second-order valence-corrected chi connectivity index (χ2v) is 10.4. The van der Waals surface area contributed by atoms with Crippen molar-refractivity contribution in [2.75, 3.05) is 5.75 Å². The van der Waals surface area contributed by atoms with Crippen molar-refractivity contribution in [3.05, 3.63) is 70.0 Å². The van der Waals surface area contributed by atoms with Gasteiger partial charge in [-0.15, -0.1) is 0 Å². The Bertz CT molecular complexity index is 1300. The van der Waals surface area contributed by atoms with Gasteiger partial charge in [0.25, 0.3) is 0 Å². The molecular formula is C23H24FN3O4S. The van der Waals surface area contributed by atoms with Gasteiger partial charge in [-0.3, -0.25) is 4.79 Å². The van der Waals surface area contributed by atoms with Crippen molar-refractivity contribution in [1.82, 2.24) is 14.5 Å². The molecule has 0 amide bonds. The van der Waals surface area contributed by atoms with Crippen LogP contribution in [0.3, 0.4) is 0 Å². The van der Waals surface area contributed by atoms with Gasteiger partial charge in [-0.1, -0.05) is 25.0 Å². The van der Waals surface area contributed by atoms with Gasteiger partial charge < -0.3 is 9.30 Å². The average molecular weight is 458 g/mol. The summed E-state index contributed by atoms with van der Waals surface area (Å²) < 4.78 is 46.6. The number of rotatable bonds is 8. The molecule has 1 aromatic carbocycles. The Hall–Kier alpha value is -3.07. The van der Waals surface area contributed by atoms with Gasteiger partial charge in [-0.2, -0.15) is 9.97 Å². The van der Waals surface area contributed by atoms with Crippen LogP contribution in [0.4, 0.5) is 4.39 Å². The van der Waals surface area contributed by atoms with Crippen molar-refractivity contribution in [3.8, 4) is 23.0 Å². The van der Waals surface area contributed by atoms with Crippen LogP contribution in [0, 0.1) is 18.7 Å². The van der Waals surface area contributed by atoms with E-state index in [2.05, 4.69) is 9.97 Å². The molecule has 2 aromatic heterocycles. The summed E-state index contributed by atoms with van der Waals surface area (Å²) in [5.74, 6) is -0.265. The summed E-state index contributed by atoms with van der Waals surface area (Å²) in [4.78, 5) is 20.4. The van der Waals surface area contributed by atoms with Crippen molar-refractivity contribution in [2.24, 2.45) is 13.0 Å². The Morgan fingerprint density at radius 1 is 1.19 bits per heavy atom. The fraction of sp³-hybridized carbons (Fsp3) is 0.348. The first-order valence-corrected chi connectivity index (χ1v) is 12.2. The highest BCUT2D eigenvalue weighted by Crippen LogP contribution is 2.33. The van der Waals surface area contributed by atoms with Gasteiger partial charge in [0.05, 0.1) is 22.9 Å². The molecule has 1 fully saturated rings. The van der Waals surface area contributed by atoms with E-state index in [1.54, 1.807) is 44.4 Å². The lowest BCUT2D eigenvalue weighted by Crippen LogP contribution is -2.14. The Balaban J connectivity index is 1.72. The number of hydrogen-bond donors (Lipinski definition) is 0. The number of ether oxygens (including phenoxy) is 1. The molecular weight excluding hydrogens is 433 g/mol. The minimum atomic E-state index is -3.38. The fourth-order valence-corrected chi connectivity index (χ4v) is 4.81. The number of nitrogens with zero attached hydrogens (tertiary/aromatic N) is 3. The molecule has 1 aliphatic carbocycles. The van der Waals surface area contributed by atoms with Crippen LogP contribution < -0.4 is 10.3 Å². The van der Waals surface area contributed by atoms with Crippen molar-refractivity contribution in [2.45, 2.75) is 31.9 Å². The molecule has 0 radical (unpaired) electrons. The number of sulfone groups is 1. The second-order valence-electron chi connectivity index (χ2n) is 8.21.